The van der Waals surface area contributed by atoms with E-state index in [0.29, 0.717) is 12.8 Å². The van der Waals surface area contributed by atoms with E-state index in [1.54, 1.807) is 0 Å². The molecule has 2 aromatic carbocycles. The zero-order valence-corrected chi connectivity index (χ0v) is 17.2. The Morgan fingerprint density at radius 2 is 1.67 bits per heavy atom. The monoisotopic (exact) mass is 408 g/mol. The molecule has 1 saturated heterocycles. The van der Waals surface area contributed by atoms with Crippen LogP contribution in [0.3, 0.4) is 0 Å². The normalized spacial score (nSPS) is 19.9. The zero-order chi connectivity index (χ0) is 21.1. The molecule has 2 N–H and O–H groups in total. The number of nitrogens with one attached hydrogen (secondary N) is 1. The molecule has 2 aliphatic rings. The highest BCUT2D eigenvalue weighted by Gasteiger charge is 2.52. The number of aryl methyl sites for hydroxylation is 1. The Kier molecular flexibility index (Phi) is 5.88. The molecule has 1 heterocycles. The third kappa shape index (κ3) is 4.11. The van der Waals surface area contributed by atoms with Crippen molar-refractivity contribution in [1.82, 2.24) is 10.2 Å². The summed E-state index contributed by atoms with van der Waals surface area (Å²) in [6, 6.07) is 17.5. The van der Waals surface area contributed by atoms with Crippen molar-refractivity contribution in [2.75, 3.05) is 13.2 Å². The summed E-state index contributed by atoms with van der Waals surface area (Å²) in [7, 11) is 0. The number of nitrogens with zero attached hydrogens (tertiary/aromatic N) is 1. The van der Waals surface area contributed by atoms with Crippen molar-refractivity contribution in [2.45, 2.75) is 50.4 Å². The van der Waals surface area contributed by atoms with Crippen molar-refractivity contribution in [2.24, 2.45) is 0 Å². The van der Waals surface area contributed by atoms with Crippen LogP contribution in [-0.4, -0.2) is 46.7 Å². The van der Waals surface area contributed by atoms with Crippen LogP contribution in [0, 0.1) is 6.92 Å². The van der Waals surface area contributed by atoms with E-state index < -0.39 is 17.7 Å². The van der Waals surface area contributed by atoms with Crippen molar-refractivity contribution >= 4 is 11.9 Å². The van der Waals surface area contributed by atoms with Gasteiger partial charge in [-0.3, -0.25) is 9.69 Å². The fourth-order valence-electron chi connectivity index (χ4n) is 4.38. The number of carbonyl (C=O) groups is 2. The van der Waals surface area contributed by atoms with Gasteiger partial charge in [0.1, 0.15) is 11.6 Å². The van der Waals surface area contributed by atoms with Crippen molar-refractivity contribution in [3.63, 3.8) is 0 Å². The minimum atomic E-state index is -0.965. The lowest BCUT2D eigenvalue weighted by atomic mass is 9.98. The number of amides is 3. The van der Waals surface area contributed by atoms with E-state index in [-0.39, 0.29) is 25.2 Å². The van der Waals surface area contributed by atoms with Gasteiger partial charge in [0.05, 0.1) is 19.3 Å². The van der Waals surface area contributed by atoms with Crippen LogP contribution in [0.5, 0.6) is 0 Å². The first-order chi connectivity index (χ1) is 14.5. The summed E-state index contributed by atoms with van der Waals surface area (Å²) < 4.78 is 6.09. The SMILES string of the molecule is Cc1ccc([C@@H](OC[C@H](O)CN2C(=O)NC3(CCCC3)C2=O)c2ccccc2)cc1. The van der Waals surface area contributed by atoms with Gasteiger partial charge in [-0.15, -0.1) is 0 Å². The first kappa shape index (κ1) is 20.6. The summed E-state index contributed by atoms with van der Waals surface area (Å²) >= 11 is 0. The van der Waals surface area contributed by atoms with Gasteiger partial charge in [0.2, 0.25) is 0 Å². The second kappa shape index (κ2) is 8.58. The van der Waals surface area contributed by atoms with Crippen molar-refractivity contribution < 1.29 is 19.4 Å². The molecular weight excluding hydrogens is 380 g/mol. The van der Waals surface area contributed by atoms with Gasteiger partial charge in [-0.05, 0) is 30.9 Å². The minimum Gasteiger partial charge on any atom is -0.389 e. The Morgan fingerprint density at radius 1 is 1.03 bits per heavy atom. The molecule has 6 heteroatoms. The van der Waals surface area contributed by atoms with Crippen molar-refractivity contribution in [3.05, 3.63) is 71.3 Å². The van der Waals surface area contributed by atoms with Crippen molar-refractivity contribution in [3.8, 4) is 0 Å². The van der Waals surface area contributed by atoms with Crippen molar-refractivity contribution in [1.29, 1.82) is 0 Å². The number of imide groups is 1. The van der Waals surface area contributed by atoms with Crippen LogP contribution in [0.1, 0.15) is 48.5 Å². The van der Waals surface area contributed by atoms with Gasteiger partial charge >= 0.3 is 6.03 Å². The van der Waals surface area contributed by atoms with Crippen LogP contribution in [-0.2, 0) is 9.53 Å². The Morgan fingerprint density at radius 3 is 2.33 bits per heavy atom. The molecule has 30 heavy (non-hydrogen) atoms. The third-order valence-corrected chi connectivity index (χ3v) is 6.03. The maximum absolute atomic E-state index is 12.8. The average Bonchev–Trinajstić information content (AvgIpc) is 3.31. The van der Waals surface area contributed by atoms with Crippen LogP contribution in [0.2, 0.25) is 0 Å². The molecule has 2 aromatic rings. The molecule has 2 atom stereocenters. The predicted octanol–water partition coefficient (Wildman–Crippen LogP) is 3.33. The second-order valence-corrected chi connectivity index (χ2v) is 8.32. The highest BCUT2D eigenvalue weighted by atomic mass is 16.5. The molecular formula is C24H28N2O4. The van der Waals surface area contributed by atoms with Gasteiger partial charge in [-0.25, -0.2) is 4.79 Å². The lowest BCUT2D eigenvalue weighted by Crippen LogP contribution is -2.45. The number of urea groups is 1. The minimum absolute atomic E-state index is 0.0114. The molecule has 4 rings (SSSR count). The van der Waals surface area contributed by atoms with Gasteiger partial charge in [-0.1, -0.05) is 73.0 Å². The number of aliphatic hydroxyl groups excluding tert-OH is 1. The van der Waals surface area contributed by atoms with Gasteiger partial charge < -0.3 is 15.2 Å². The van der Waals surface area contributed by atoms with Crippen LogP contribution < -0.4 is 5.32 Å². The first-order valence-corrected chi connectivity index (χ1v) is 10.5. The van der Waals surface area contributed by atoms with E-state index in [4.69, 9.17) is 4.74 Å². The predicted molar refractivity (Wildman–Crippen MR) is 113 cm³/mol. The smallest absolute Gasteiger partial charge is 0.325 e. The van der Waals surface area contributed by atoms with Gasteiger partial charge in [0, 0.05) is 0 Å². The summed E-state index contributed by atoms with van der Waals surface area (Å²) in [5.74, 6) is -0.220. The molecule has 1 aliphatic heterocycles. The first-order valence-electron chi connectivity index (χ1n) is 10.5. The highest BCUT2D eigenvalue weighted by molar-refractivity contribution is 6.07. The molecule has 2 fully saturated rings. The maximum atomic E-state index is 12.8. The second-order valence-electron chi connectivity index (χ2n) is 8.32. The summed E-state index contributed by atoms with van der Waals surface area (Å²) in [5, 5.41) is 13.4. The van der Waals surface area contributed by atoms with Crippen LogP contribution >= 0.6 is 0 Å². The van der Waals surface area contributed by atoms with Gasteiger partial charge in [-0.2, -0.15) is 0 Å². The molecule has 3 amide bonds. The standard InChI is InChI=1S/C24H28N2O4/c1-17-9-11-19(12-10-17)21(18-7-3-2-4-8-18)30-16-20(27)15-26-22(28)24(25-23(26)29)13-5-6-14-24/h2-4,7-12,20-21,27H,5-6,13-16H2,1H3,(H,25,29)/t20-,21+/m1/s1. The topological polar surface area (TPSA) is 78.9 Å². The maximum Gasteiger partial charge on any atom is 0.325 e. The number of hydrogen-bond acceptors (Lipinski definition) is 4. The van der Waals surface area contributed by atoms with Gasteiger partial charge in [0.15, 0.2) is 0 Å². The molecule has 6 nitrogen and oxygen atoms in total. The molecule has 0 unspecified atom stereocenters. The fraction of sp³-hybridized carbons (Fsp3) is 0.417. The van der Waals surface area contributed by atoms with Crippen LogP contribution in [0.25, 0.3) is 0 Å². The zero-order valence-electron chi connectivity index (χ0n) is 17.2. The average molecular weight is 408 g/mol. The molecule has 0 aromatic heterocycles. The lowest BCUT2D eigenvalue weighted by Gasteiger charge is -2.24. The van der Waals surface area contributed by atoms with E-state index in [9.17, 15) is 14.7 Å². The largest absolute Gasteiger partial charge is 0.389 e. The number of β-amino-alcohol motifs (C(OH)–C–C–N with tert-alkyl or cyclic N) is 1. The van der Waals surface area contributed by atoms with Crippen LogP contribution in [0.4, 0.5) is 4.79 Å². The molecule has 1 aliphatic carbocycles. The van der Waals surface area contributed by atoms with Gasteiger partial charge in [0.25, 0.3) is 5.91 Å². The number of hydrogen-bond donors (Lipinski definition) is 2. The number of benzene rings is 2. The molecule has 0 radical (unpaired) electrons. The number of ether oxygens (including phenoxy) is 1. The third-order valence-electron chi connectivity index (χ3n) is 6.03. The van der Waals surface area contributed by atoms with E-state index in [1.807, 2.05) is 61.5 Å². The van der Waals surface area contributed by atoms with E-state index in [2.05, 4.69) is 5.32 Å². The van der Waals surface area contributed by atoms with E-state index in [1.165, 1.54) is 0 Å². The van der Waals surface area contributed by atoms with E-state index >= 15 is 0 Å². The molecule has 1 saturated carbocycles. The number of carbonyl (C=O) groups excluding carboxylic acids is 2. The molecule has 1 spiro atoms. The Labute approximate surface area is 176 Å². The number of rotatable bonds is 7. The number of aliphatic hydroxyl groups is 1. The summed E-state index contributed by atoms with van der Waals surface area (Å²) in [6.07, 6.45) is 1.90. The summed E-state index contributed by atoms with van der Waals surface area (Å²) in [5.41, 5.74) is 2.36. The Balaban J connectivity index is 1.43. The fourth-order valence-corrected chi connectivity index (χ4v) is 4.38. The quantitative estimate of drug-likeness (QED) is 0.689. The summed E-state index contributed by atoms with van der Waals surface area (Å²) in [4.78, 5) is 26.3. The molecule has 0 bridgehead atoms. The highest BCUT2D eigenvalue weighted by Crippen LogP contribution is 2.35. The lowest BCUT2D eigenvalue weighted by molar-refractivity contribution is -0.132. The van der Waals surface area contributed by atoms with Crippen LogP contribution in [0.15, 0.2) is 54.6 Å². The Bertz CT molecular complexity index is 891. The summed E-state index contributed by atoms with van der Waals surface area (Å²) in [6.45, 7) is 1.97. The molecule has 158 valence electrons. The van der Waals surface area contributed by atoms with E-state index in [0.717, 1.165) is 34.4 Å². The Hall–Kier alpha value is -2.70.